The van der Waals surface area contributed by atoms with Gasteiger partial charge in [0, 0.05) is 10.1 Å². The van der Waals surface area contributed by atoms with Crippen LogP contribution in [0.3, 0.4) is 0 Å². The summed E-state index contributed by atoms with van der Waals surface area (Å²) in [5, 5.41) is 2.40. The summed E-state index contributed by atoms with van der Waals surface area (Å²) in [5.41, 5.74) is 1.41. The molecule has 14 heavy (non-hydrogen) atoms. The Balaban J connectivity index is 2.79. The highest BCUT2D eigenvalue weighted by Crippen LogP contribution is 2.39. The van der Waals surface area contributed by atoms with Gasteiger partial charge in [-0.15, -0.1) is 0 Å². The van der Waals surface area contributed by atoms with Crippen LogP contribution in [0.4, 0.5) is 0 Å². The first-order chi connectivity index (χ1) is 6.77. The van der Waals surface area contributed by atoms with Gasteiger partial charge in [-0.2, -0.15) is 0 Å². The zero-order valence-corrected chi connectivity index (χ0v) is 11.1. The van der Waals surface area contributed by atoms with Crippen molar-refractivity contribution in [2.75, 3.05) is 7.11 Å². The normalized spacial score (nSPS) is 10.8. The fourth-order valence-corrected chi connectivity index (χ4v) is 3.91. The molecule has 1 aromatic heterocycles. The molecule has 1 heterocycles. The molecule has 3 heteroatoms. The van der Waals surface area contributed by atoms with Gasteiger partial charge in [-0.1, -0.05) is 30.4 Å². The summed E-state index contributed by atoms with van der Waals surface area (Å²) >= 11 is 4.09. The molecule has 1 nitrogen and oxygen atoms in total. The first-order valence-corrected chi connectivity index (χ1v) is 6.41. The second-order valence-electron chi connectivity index (χ2n) is 3.05. The molecule has 0 aliphatic carbocycles. The molecular formula is C11H11IOS. The van der Waals surface area contributed by atoms with Crippen LogP contribution in [0, 0.1) is 3.57 Å². The molecule has 0 atom stereocenters. The van der Waals surface area contributed by atoms with E-state index < -0.39 is 0 Å². The lowest BCUT2D eigenvalue weighted by atomic mass is 10.1. The molecule has 74 valence electrons. The number of benzene rings is 1. The lowest BCUT2D eigenvalue weighted by molar-refractivity contribution is 0.425. The minimum atomic E-state index is 1.03. The Morgan fingerprint density at radius 2 is 2.21 bits per heavy atom. The highest BCUT2D eigenvalue weighted by molar-refractivity contribution is 14.1. The molecular weight excluding hydrogens is 307 g/mol. The van der Waals surface area contributed by atoms with E-state index in [2.05, 4.69) is 47.7 Å². The monoisotopic (exact) mass is 318 g/mol. The summed E-state index contributed by atoms with van der Waals surface area (Å²) in [5.74, 6) is 0. The summed E-state index contributed by atoms with van der Waals surface area (Å²) in [4.78, 5) is 0. The van der Waals surface area contributed by atoms with Gasteiger partial charge < -0.3 is 4.74 Å². The van der Waals surface area contributed by atoms with Crippen molar-refractivity contribution in [2.45, 2.75) is 13.3 Å². The Kier molecular flexibility index (Phi) is 2.97. The molecule has 0 saturated carbocycles. The molecule has 0 N–H and O–H groups in total. The van der Waals surface area contributed by atoms with Crippen LogP contribution in [-0.4, -0.2) is 7.11 Å². The molecule has 0 radical (unpaired) electrons. The van der Waals surface area contributed by atoms with Gasteiger partial charge in [0.15, 0.2) is 5.06 Å². The number of rotatable bonds is 2. The molecule has 0 unspecified atom stereocenters. The topological polar surface area (TPSA) is 9.23 Å². The lowest BCUT2D eigenvalue weighted by Gasteiger charge is -1.99. The van der Waals surface area contributed by atoms with Gasteiger partial charge in [-0.25, -0.2) is 0 Å². The Morgan fingerprint density at radius 3 is 2.86 bits per heavy atom. The minimum absolute atomic E-state index is 1.03. The molecule has 0 saturated heterocycles. The van der Waals surface area contributed by atoms with Crippen molar-refractivity contribution in [1.29, 1.82) is 0 Å². The van der Waals surface area contributed by atoms with Crippen molar-refractivity contribution < 1.29 is 4.74 Å². The number of fused-ring (bicyclic) bond motifs is 1. The summed E-state index contributed by atoms with van der Waals surface area (Å²) < 4.78 is 7.92. The molecule has 0 fully saturated rings. The number of methoxy groups -OCH3 is 1. The standard InChI is InChI=1S/C11H11IOS/c1-3-7-5-4-6-8-9(7)10(12)11(13-2)14-8/h4-6H,3H2,1-2H3. The van der Waals surface area contributed by atoms with E-state index in [-0.39, 0.29) is 0 Å². The van der Waals surface area contributed by atoms with E-state index in [9.17, 15) is 0 Å². The Hall–Kier alpha value is -0.290. The fourth-order valence-electron chi connectivity index (χ4n) is 1.58. The lowest BCUT2D eigenvalue weighted by Crippen LogP contribution is -1.83. The second-order valence-corrected chi connectivity index (χ2v) is 5.14. The zero-order chi connectivity index (χ0) is 10.1. The van der Waals surface area contributed by atoms with Gasteiger partial charge in [-0.3, -0.25) is 0 Å². The third-order valence-corrected chi connectivity index (χ3v) is 4.79. The highest BCUT2D eigenvalue weighted by atomic mass is 127. The van der Waals surface area contributed by atoms with Gasteiger partial charge in [0.05, 0.1) is 10.7 Å². The van der Waals surface area contributed by atoms with Crippen LogP contribution in [-0.2, 0) is 6.42 Å². The van der Waals surface area contributed by atoms with Crippen molar-refractivity contribution >= 4 is 44.0 Å². The predicted octanol–water partition coefficient (Wildman–Crippen LogP) is 4.08. The van der Waals surface area contributed by atoms with Gasteiger partial charge in [0.25, 0.3) is 0 Å². The van der Waals surface area contributed by atoms with Crippen molar-refractivity contribution in [3.05, 3.63) is 27.3 Å². The van der Waals surface area contributed by atoms with Crippen molar-refractivity contribution in [3.63, 3.8) is 0 Å². The largest absolute Gasteiger partial charge is 0.486 e. The van der Waals surface area contributed by atoms with Crippen LogP contribution in [0.15, 0.2) is 18.2 Å². The number of thiophene rings is 1. The molecule has 1 aromatic carbocycles. The zero-order valence-electron chi connectivity index (χ0n) is 8.13. The second kappa shape index (κ2) is 4.06. The van der Waals surface area contributed by atoms with E-state index in [4.69, 9.17) is 4.74 Å². The maximum absolute atomic E-state index is 5.34. The van der Waals surface area contributed by atoms with E-state index >= 15 is 0 Å². The maximum Gasteiger partial charge on any atom is 0.188 e. The van der Waals surface area contributed by atoms with Gasteiger partial charge in [-0.05, 0) is 40.6 Å². The maximum atomic E-state index is 5.34. The van der Waals surface area contributed by atoms with Gasteiger partial charge in [0.2, 0.25) is 0 Å². The van der Waals surface area contributed by atoms with Crippen LogP contribution >= 0.6 is 33.9 Å². The van der Waals surface area contributed by atoms with Crippen molar-refractivity contribution in [2.24, 2.45) is 0 Å². The number of ether oxygens (including phenoxy) is 1. The van der Waals surface area contributed by atoms with E-state index in [0.29, 0.717) is 0 Å². The van der Waals surface area contributed by atoms with Crippen LogP contribution in [0.25, 0.3) is 10.1 Å². The smallest absolute Gasteiger partial charge is 0.188 e. The van der Waals surface area contributed by atoms with E-state index in [1.807, 2.05) is 0 Å². The first kappa shape index (κ1) is 10.2. The third kappa shape index (κ3) is 1.52. The Labute approximate surface area is 101 Å². The van der Waals surface area contributed by atoms with E-state index in [0.717, 1.165) is 11.5 Å². The van der Waals surface area contributed by atoms with Crippen LogP contribution in [0.5, 0.6) is 5.06 Å². The molecule has 0 bridgehead atoms. The summed E-state index contributed by atoms with van der Waals surface area (Å²) in [6.07, 6.45) is 1.08. The number of hydrogen-bond acceptors (Lipinski definition) is 2. The SMILES string of the molecule is CCc1cccc2sc(OC)c(I)c12. The first-order valence-electron chi connectivity index (χ1n) is 4.51. The third-order valence-electron chi connectivity index (χ3n) is 2.28. The molecule has 2 aromatic rings. The molecule has 2 rings (SSSR count). The average Bonchev–Trinajstić information content (AvgIpc) is 2.55. The molecule has 0 amide bonds. The summed E-state index contributed by atoms with van der Waals surface area (Å²) in [6, 6.07) is 6.47. The van der Waals surface area contributed by atoms with Crippen LogP contribution in [0.1, 0.15) is 12.5 Å². The van der Waals surface area contributed by atoms with Gasteiger partial charge >= 0.3 is 0 Å². The Morgan fingerprint density at radius 1 is 1.43 bits per heavy atom. The average molecular weight is 318 g/mol. The van der Waals surface area contributed by atoms with Crippen molar-refractivity contribution in [1.82, 2.24) is 0 Å². The van der Waals surface area contributed by atoms with E-state index in [1.165, 1.54) is 19.2 Å². The number of halogens is 1. The van der Waals surface area contributed by atoms with Crippen LogP contribution in [0.2, 0.25) is 0 Å². The number of hydrogen-bond donors (Lipinski definition) is 0. The number of aryl methyl sites for hydroxylation is 1. The quantitative estimate of drug-likeness (QED) is 0.758. The molecule has 0 aliphatic rings. The molecule has 0 aliphatic heterocycles. The van der Waals surface area contributed by atoms with E-state index in [1.54, 1.807) is 18.4 Å². The fraction of sp³-hybridized carbons (Fsp3) is 0.273. The van der Waals surface area contributed by atoms with Gasteiger partial charge in [0.1, 0.15) is 0 Å². The molecule has 0 spiro atoms. The Bertz CT molecular complexity index is 462. The minimum Gasteiger partial charge on any atom is -0.486 e. The highest BCUT2D eigenvalue weighted by Gasteiger charge is 2.12. The van der Waals surface area contributed by atoms with Crippen molar-refractivity contribution in [3.8, 4) is 5.06 Å². The summed E-state index contributed by atoms with van der Waals surface area (Å²) in [6.45, 7) is 2.19. The van der Waals surface area contributed by atoms with Crippen LogP contribution < -0.4 is 4.74 Å². The summed E-state index contributed by atoms with van der Waals surface area (Å²) in [7, 11) is 1.73. The predicted molar refractivity (Wildman–Crippen MR) is 70.5 cm³/mol.